The second-order valence-electron chi connectivity index (χ2n) is 4.05. The van der Waals surface area contributed by atoms with E-state index in [4.69, 9.17) is 14.6 Å². The van der Waals surface area contributed by atoms with Gasteiger partial charge in [-0.25, -0.2) is 4.79 Å². The molecule has 19 heavy (non-hydrogen) atoms. The Balaban J connectivity index is 2.19. The number of carbonyl (C=O) groups is 1. The Kier molecular flexibility index (Phi) is 3.98. The van der Waals surface area contributed by atoms with E-state index < -0.39 is 17.7 Å². The maximum atomic E-state index is 11.7. The van der Waals surface area contributed by atoms with Gasteiger partial charge in [-0.05, 0) is 12.1 Å². The van der Waals surface area contributed by atoms with Crippen molar-refractivity contribution in [1.82, 2.24) is 9.88 Å². The molecule has 0 spiro atoms. The van der Waals surface area contributed by atoms with E-state index >= 15 is 0 Å². The summed E-state index contributed by atoms with van der Waals surface area (Å²) in [7, 11) is 0. The van der Waals surface area contributed by atoms with E-state index in [9.17, 15) is 9.59 Å². The summed E-state index contributed by atoms with van der Waals surface area (Å²) in [4.78, 5) is 23.3. The zero-order chi connectivity index (χ0) is 13.8. The highest BCUT2D eigenvalue weighted by Gasteiger charge is 2.14. The van der Waals surface area contributed by atoms with Crippen LogP contribution in [0.25, 0.3) is 11.1 Å². The average Bonchev–Trinajstić information content (AvgIpc) is 2.72. The molecule has 0 atom stereocenters. The SMILES string of the molecule is O=C(Cn1c(=O)oc2ccccc21)NC(CO)CO. The lowest BCUT2D eigenvalue weighted by Crippen LogP contribution is -2.42. The van der Waals surface area contributed by atoms with E-state index in [1.807, 2.05) is 0 Å². The highest BCUT2D eigenvalue weighted by molar-refractivity contribution is 5.79. The van der Waals surface area contributed by atoms with E-state index in [0.717, 1.165) is 0 Å². The summed E-state index contributed by atoms with van der Waals surface area (Å²) in [5.74, 6) is -1.11. The largest absolute Gasteiger partial charge is 0.420 e. The Morgan fingerprint density at radius 2 is 2.00 bits per heavy atom. The third-order valence-electron chi connectivity index (χ3n) is 2.68. The second kappa shape index (κ2) is 5.68. The summed E-state index contributed by atoms with van der Waals surface area (Å²) in [5.41, 5.74) is 0.924. The zero-order valence-corrected chi connectivity index (χ0v) is 10.1. The molecule has 0 saturated carbocycles. The number of fused-ring (bicyclic) bond motifs is 1. The molecule has 2 rings (SSSR count). The van der Waals surface area contributed by atoms with Crippen molar-refractivity contribution in [1.29, 1.82) is 0 Å². The van der Waals surface area contributed by atoms with Crippen molar-refractivity contribution in [3.63, 3.8) is 0 Å². The summed E-state index contributed by atoms with van der Waals surface area (Å²) in [6.45, 7) is -0.973. The first-order chi connectivity index (χ1) is 9.15. The number of aliphatic hydroxyl groups is 2. The van der Waals surface area contributed by atoms with Gasteiger partial charge in [0.25, 0.3) is 0 Å². The molecule has 1 heterocycles. The van der Waals surface area contributed by atoms with Crippen LogP contribution in [0.3, 0.4) is 0 Å². The zero-order valence-electron chi connectivity index (χ0n) is 10.1. The maximum absolute atomic E-state index is 11.7. The van der Waals surface area contributed by atoms with Crippen molar-refractivity contribution in [2.45, 2.75) is 12.6 Å². The average molecular weight is 266 g/mol. The standard InChI is InChI=1S/C12H14N2O5/c15-6-8(7-16)13-11(17)5-14-9-3-1-2-4-10(9)19-12(14)18/h1-4,8,15-16H,5-7H2,(H,13,17). The normalized spacial score (nSPS) is 11.1. The first-order valence-electron chi connectivity index (χ1n) is 5.75. The second-order valence-corrected chi connectivity index (χ2v) is 4.05. The molecule has 1 aromatic heterocycles. The minimum Gasteiger partial charge on any atom is -0.408 e. The van der Waals surface area contributed by atoms with Gasteiger partial charge in [0.05, 0.1) is 24.8 Å². The van der Waals surface area contributed by atoms with E-state index in [1.165, 1.54) is 4.57 Å². The Morgan fingerprint density at radius 1 is 1.32 bits per heavy atom. The number of amides is 1. The first-order valence-corrected chi connectivity index (χ1v) is 5.75. The molecule has 2 aromatic rings. The van der Waals surface area contributed by atoms with Gasteiger partial charge in [-0.15, -0.1) is 0 Å². The van der Waals surface area contributed by atoms with Crippen molar-refractivity contribution < 1.29 is 19.4 Å². The van der Waals surface area contributed by atoms with Gasteiger partial charge in [0.1, 0.15) is 6.54 Å². The van der Waals surface area contributed by atoms with Crippen LogP contribution in [0.1, 0.15) is 0 Å². The van der Waals surface area contributed by atoms with Crippen LogP contribution in [0.4, 0.5) is 0 Å². The van der Waals surface area contributed by atoms with Crippen molar-refractivity contribution in [3.05, 3.63) is 34.8 Å². The molecule has 0 saturated heterocycles. The number of aromatic nitrogens is 1. The number of hydrogen-bond donors (Lipinski definition) is 3. The molecular weight excluding hydrogens is 252 g/mol. The molecule has 3 N–H and O–H groups in total. The van der Waals surface area contributed by atoms with Gasteiger partial charge in [-0.2, -0.15) is 0 Å². The number of nitrogens with one attached hydrogen (secondary N) is 1. The van der Waals surface area contributed by atoms with Gasteiger partial charge in [0.2, 0.25) is 5.91 Å². The summed E-state index contributed by atoms with van der Waals surface area (Å²) in [5, 5.41) is 20.1. The topological polar surface area (TPSA) is 105 Å². The van der Waals surface area contributed by atoms with E-state index in [2.05, 4.69) is 5.32 Å². The van der Waals surface area contributed by atoms with Gasteiger partial charge in [0.15, 0.2) is 5.58 Å². The summed E-state index contributed by atoms with van der Waals surface area (Å²) < 4.78 is 6.18. The molecule has 0 fully saturated rings. The van der Waals surface area contributed by atoms with Crippen molar-refractivity contribution in [2.75, 3.05) is 13.2 Å². The predicted molar refractivity (Wildman–Crippen MR) is 66.6 cm³/mol. The monoisotopic (exact) mass is 266 g/mol. The number of nitrogens with zero attached hydrogens (tertiary/aromatic N) is 1. The molecule has 7 nitrogen and oxygen atoms in total. The Bertz CT molecular complexity index is 626. The molecular formula is C12H14N2O5. The predicted octanol–water partition coefficient (Wildman–Crippen LogP) is -0.936. The smallest absolute Gasteiger partial charge is 0.408 e. The molecule has 1 amide bonds. The molecule has 1 aromatic carbocycles. The summed E-state index contributed by atoms with van der Waals surface area (Å²) >= 11 is 0. The van der Waals surface area contributed by atoms with Crippen molar-refractivity contribution >= 4 is 17.0 Å². The lowest BCUT2D eigenvalue weighted by atomic mass is 10.3. The van der Waals surface area contributed by atoms with Crippen molar-refractivity contribution in [3.8, 4) is 0 Å². The molecule has 7 heteroatoms. The first kappa shape index (κ1) is 13.3. The van der Waals surface area contributed by atoms with Crippen molar-refractivity contribution in [2.24, 2.45) is 0 Å². The van der Waals surface area contributed by atoms with Gasteiger partial charge in [-0.3, -0.25) is 9.36 Å². The van der Waals surface area contributed by atoms with E-state index in [-0.39, 0.29) is 19.8 Å². The number of para-hydroxylation sites is 2. The minimum absolute atomic E-state index is 0.230. The van der Waals surface area contributed by atoms with Gasteiger partial charge < -0.3 is 19.9 Å². The molecule has 0 radical (unpaired) electrons. The van der Waals surface area contributed by atoms with Crippen LogP contribution in [0.2, 0.25) is 0 Å². The quantitative estimate of drug-likeness (QED) is 0.648. The van der Waals surface area contributed by atoms with Crippen LogP contribution in [-0.4, -0.2) is 39.9 Å². The van der Waals surface area contributed by atoms with Crippen LogP contribution >= 0.6 is 0 Å². The fourth-order valence-corrected chi connectivity index (χ4v) is 1.73. The van der Waals surface area contributed by atoms with Crippen LogP contribution in [0, 0.1) is 0 Å². The van der Waals surface area contributed by atoms with E-state index in [1.54, 1.807) is 24.3 Å². The highest BCUT2D eigenvalue weighted by Crippen LogP contribution is 2.11. The summed E-state index contributed by atoms with van der Waals surface area (Å²) in [6, 6.07) is 6.03. The highest BCUT2D eigenvalue weighted by atomic mass is 16.4. The van der Waals surface area contributed by atoms with Gasteiger partial charge in [-0.1, -0.05) is 12.1 Å². The molecule has 0 aliphatic rings. The number of benzene rings is 1. The number of hydrogen-bond acceptors (Lipinski definition) is 5. The summed E-state index contributed by atoms with van der Waals surface area (Å²) in [6.07, 6.45) is 0. The minimum atomic E-state index is -0.735. The molecule has 0 aliphatic carbocycles. The van der Waals surface area contributed by atoms with Crippen LogP contribution in [0.15, 0.2) is 33.5 Å². The van der Waals surface area contributed by atoms with Gasteiger partial charge >= 0.3 is 5.76 Å². The Hall–Kier alpha value is -2.12. The number of aliphatic hydroxyl groups excluding tert-OH is 2. The molecule has 0 bridgehead atoms. The van der Waals surface area contributed by atoms with Crippen LogP contribution in [0.5, 0.6) is 0 Å². The third kappa shape index (κ3) is 2.83. The number of rotatable bonds is 5. The fraction of sp³-hybridized carbons (Fsp3) is 0.333. The number of carbonyl (C=O) groups excluding carboxylic acids is 1. The third-order valence-corrected chi connectivity index (χ3v) is 2.68. The van der Waals surface area contributed by atoms with Crippen LogP contribution < -0.4 is 11.1 Å². The fourth-order valence-electron chi connectivity index (χ4n) is 1.73. The van der Waals surface area contributed by atoms with Gasteiger partial charge in [0, 0.05) is 0 Å². The Labute approximate surface area is 108 Å². The number of oxazole rings is 1. The maximum Gasteiger partial charge on any atom is 0.420 e. The van der Waals surface area contributed by atoms with Crippen LogP contribution in [-0.2, 0) is 11.3 Å². The van der Waals surface area contributed by atoms with E-state index in [0.29, 0.717) is 11.1 Å². The molecule has 0 unspecified atom stereocenters. The molecule has 102 valence electrons. The lowest BCUT2D eigenvalue weighted by Gasteiger charge is -2.13. The Morgan fingerprint density at radius 3 is 2.68 bits per heavy atom. The lowest BCUT2D eigenvalue weighted by molar-refractivity contribution is -0.123. The molecule has 0 aliphatic heterocycles.